The molecule has 2 aromatic rings. The molecule has 0 radical (unpaired) electrons. The lowest BCUT2D eigenvalue weighted by atomic mass is 10.0. The first-order chi connectivity index (χ1) is 12.2. The van der Waals surface area contributed by atoms with Gasteiger partial charge in [0.15, 0.2) is 5.82 Å². The van der Waals surface area contributed by atoms with Gasteiger partial charge in [-0.25, -0.2) is 9.97 Å². The molecule has 25 heavy (non-hydrogen) atoms. The van der Waals surface area contributed by atoms with E-state index in [4.69, 9.17) is 0 Å². The Morgan fingerprint density at radius 3 is 3.04 bits per heavy atom. The fraction of sp³-hybridized carbons (Fsp3) is 0.389. The van der Waals surface area contributed by atoms with E-state index in [1.807, 2.05) is 0 Å². The van der Waals surface area contributed by atoms with Crippen LogP contribution in [-0.2, 0) is 17.8 Å². The molecule has 3 heterocycles. The first kappa shape index (κ1) is 15.7. The first-order valence-electron chi connectivity index (χ1n) is 8.53. The van der Waals surface area contributed by atoms with Gasteiger partial charge < -0.3 is 9.88 Å². The molecule has 1 atom stereocenters. The van der Waals surface area contributed by atoms with Crippen LogP contribution >= 0.6 is 0 Å². The number of aromatic nitrogens is 4. The molecule has 0 fully saturated rings. The quantitative estimate of drug-likeness (QED) is 0.856. The van der Waals surface area contributed by atoms with Crippen LogP contribution in [0.2, 0.25) is 0 Å². The van der Waals surface area contributed by atoms with Gasteiger partial charge in [-0.15, -0.1) is 0 Å². The van der Waals surface area contributed by atoms with Crippen molar-refractivity contribution in [3.63, 3.8) is 0 Å². The summed E-state index contributed by atoms with van der Waals surface area (Å²) in [4.78, 5) is 42.2. The smallest absolute Gasteiger partial charge is 0.254 e. The van der Waals surface area contributed by atoms with Crippen LogP contribution in [0.3, 0.4) is 0 Å². The van der Waals surface area contributed by atoms with Gasteiger partial charge in [0, 0.05) is 30.9 Å². The molecule has 7 nitrogen and oxygen atoms in total. The van der Waals surface area contributed by atoms with Crippen molar-refractivity contribution in [2.75, 3.05) is 6.54 Å². The normalized spacial score (nSPS) is 19.0. The zero-order chi connectivity index (χ0) is 17.2. The van der Waals surface area contributed by atoms with Gasteiger partial charge in [0.25, 0.3) is 5.56 Å². The Morgan fingerprint density at radius 2 is 2.28 bits per heavy atom. The van der Waals surface area contributed by atoms with Crippen LogP contribution in [0.15, 0.2) is 35.5 Å². The first-order valence-corrected chi connectivity index (χ1v) is 8.53. The van der Waals surface area contributed by atoms with Crippen molar-refractivity contribution >= 4 is 5.91 Å². The summed E-state index contributed by atoms with van der Waals surface area (Å²) in [6.45, 7) is 0.944. The molecule has 0 spiro atoms. The predicted octanol–water partition coefficient (Wildman–Crippen LogP) is 1.47. The van der Waals surface area contributed by atoms with Gasteiger partial charge in [-0.05, 0) is 25.2 Å². The SMILES string of the molecule is O=C(CC1C=CCC1)N1CCc2c(nc(-c3cnccn3)[nH]c2=O)C1. The number of amides is 1. The number of H-pyrrole nitrogens is 1. The van der Waals surface area contributed by atoms with E-state index in [-0.39, 0.29) is 11.5 Å². The molecule has 1 amide bonds. The number of hydrogen-bond donors (Lipinski definition) is 1. The zero-order valence-corrected chi connectivity index (χ0v) is 13.8. The molecule has 1 unspecified atom stereocenters. The average molecular weight is 337 g/mol. The molecule has 1 aliphatic carbocycles. The third-order valence-electron chi connectivity index (χ3n) is 4.78. The minimum Gasteiger partial charge on any atom is -0.336 e. The average Bonchev–Trinajstić information content (AvgIpc) is 3.15. The molecule has 0 saturated heterocycles. The van der Waals surface area contributed by atoms with Gasteiger partial charge in [-0.1, -0.05) is 12.2 Å². The van der Waals surface area contributed by atoms with Gasteiger partial charge in [-0.2, -0.15) is 0 Å². The van der Waals surface area contributed by atoms with Crippen LogP contribution in [0.5, 0.6) is 0 Å². The number of carbonyl (C=O) groups is 1. The molecule has 128 valence electrons. The van der Waals surface area contributed by atoms with Crippen LogP contribution in [0.1, 0.15) is 30.5 Å². The highest BCUT2D eigenvalue weighted by molar-refractivity contribution is 5.77. The topological polar surface area (TPSA) is 91.8 Å². The Bertz CT molecular complexity index is 875. The maximum Gasteiger partial charge on any atom is 0.254 e. The van der Waals surface area contributed by atoms with Crippen molar-refractivity contribution in [1.82, 2.24) is 24.8 Å². The molecule has 1 aliphatic heterocycles. The van der Waals surface area contributed by atoms with Crippen LogP contribution in [-0.4, -0.2) is 37.3 Å². The molecule has 2 aliphatic rings. The zero-order valence-electron chi connectivity index (χ0n) is 13.8. The van der Waals surface area contributed by atoms with E-state index < -0.39 is 0 Å². The van der Waals surface area contributed by atoms with Crippen molar-refractivity contribution in [3.8, 4) is 11.5 Å². The second kappa shape index (κ2) is 6.58. The predicted molar refractivity (Wildman–Crippen MR) is 91.5 cm³/mol. The highest BCUT2D eigenvalue weighted by Gasteiger charge is 2.26. The summed E-state index contributed by atoms with van der Waals surface area (Å²) in [5, 5.41) is 0. The standard InChI is InChI=1S/C18H19N5O2/c24-16(9-12-3-1-2-4-12)23-8-5-13-15(11-23)21-17(22-18(13)25)14-10-19-6-7-20-14/h1,3,6-7,10,12H,2,4-5,8-9,11H2,(H,21,22,25). The largest absolute Gasteiger partial charge is 0.336 e. The molecule has 4 rings (SSSR count). The Labute approximate surface area is 144 Å². The highest BCUT2D eigenvalue weighted by atomic mass is 16.2. The molecular formula is C18H19N5O2. The van der Waals surface area contributed by atoms with Crippen molar-refractivity contribution in [2.45, 2.75) is 32.2 Å². The highest BCUT2D eigenvalue weighted by Crippen LogP contribution is 2.23. The number of hydrogen-bond acceptors (Lipinski definition) is 5. The maximum atomic E-state index is 12.6. The van der Waals surface area contributed by atoms with Gasteiger partial charge in [0.05, 0.1) is 18.4 Å². The summed E-state index contributed by atoms with van der Waals surface area (Å²) in [5.74, 6) is 0.867. The summed E-state index contributed by atoms with van der Waals surface area (Å²) >= 11 is 0. The molecule has 0 aromatic carbocycles. The van der Waals surface area contributed by atoms with Crippen LogP contribution in [0.4, 0.5) is 0 Å². The van der Waals surface area contributed by atoms with Crippen molar-refractivity contribution < 1.29 is 4.79 Å². The number of allylic oxidation sites excluding steroid dienone is 2. The van der Waals surface area contributed by atoms with E-state index in [0.717, 1.165) is 12.8 Å². The van der Waals surface area contributed by atoms with Gasteiger partial charge in [0.1, 0.15) is 5.69 Å². The minimum absolute atomic E-state index is 0.130. The Hall–Kier alpha value is -2.83. The minimum atomic E-state index is -0.156. The summed E-state index contributed by atoms with van der Waals surface area (Å²) < 4.78 is 0. The van der Waals surface area contributed by atoms with E-state index in [1.165, 1.54) is 0 Å². The molecule has 7 heteroatoms. The lowest BCUT2D eigenvalue weighted by Crippen LogP contribution is -2.39. The monoisotopic (exact) mass is 337 g/mol. The summed E-state index contributed by atoms with van der Waals surface area (Å²) in [6.07, 6.45) is 12.1. The number of carbonyl (C=O) groups excluding carboxylic acids is 1. The molecule has 1 N–H and O–H groups in total. The van der Waals surface area contributed by atoms with Crippen LogP contribution < -0.4 is 5.56 Å². The number of aromatic amines is 1. The fourth-order valence-corrected chi connectivity index (χ4v) is 3.41. The van der Waals surface area contributed by atoms with Gasteiger partial charge in [-0.3, -0.25) is 14.6 Å². The van der Waals surface area contributed by atoms with Crippen LogP contribution in [0, 0.1) is 5.92 Å². The molecular weight excluding hydrogens is 318 g/mol. The van der Waals surface area contributed by atoms with E-state index >= 15 is 0 Å². The number of nitrogens with one attached hydrogen (secondary N) is 1. The van der Waals surface area contributed by atoms with Gasteiger partial charge >= 0.3 is 0 Å². The van der Waals surface area contributed by atoms with E-state index in [9.17, 15) is 9.59 Å². The molecule has 0 saturated carbocycles. The van der Waals surface area contributed by atoms with E-state index in [0.29, 0.717) is 54.6 Å². The van der Waals surface area contributed by atoms with E-state index in [2.05, 4.69) is 32.1 Å². The Kier molecular flexibility index (Phi) is 4.13. The Balaban J connectivity index is 1.57. The lowest BCUT2D eigenvalue weighted by molar-refractivity contribution is -0.132. The van der Waals surface area contributed by atoms with Gasteiger partial charge in [0.2, 0.25) is 5.91 Å². The van der Waals surface area contributed by atoms with E-state index in [1.54, 1.807) is 23.5 Å². The lowest BCUT2D eigenvalue weighted by Gasteiger charge is -2.28. The number of rotatable bonds is 3. The third kappa shape index (κ3) is 3.22. The van der Waals surface area contributed by atoms with Crippen molar-refractivity contribution in [1.29, 1.82) is 0 Å². The summed E-state index contributed by atoms with van der Waals surface area (Å²) in [7, 11) is 0. The molecule has 0 bridgehead atoms. The number of fused-ring (bicyclic) bond motifs is 1. The van der Waals surface area contributed by atoms with Crippen molar-refractivity contribution in [3.05, 3.63) is 52.4 Å². The second-order valence-corrected chi connectivity index (χ2v) is 6.47. The molecule has 2 aromatic heterocycles. The Morgan fingerprint density at radius 1 is 1.36 bits per heavy atom. The van der Waals surface area contributed by atoms with Crippen molar-refractivity contribution in [2.24, 2.45) is 5.92 Å². The maximum absolute atomic E-state index is 12.6. The van der Waals surface area contributed by atoms with Crippen LogP contribution in [0.25, 0.3) is 11.5 Å². The third-order valence-corrected chi connectivity index (χ3v) is 4.78. The second-order valence-electron chi connectivity index (χ2n) is 6.47. The summed E-state index contributed by atoms with van der Waals surface area (Å²) in [6, 6.07) is 0. The summed E-state index contributed by atoms with van der Waals surface area (Å²) in [5.41, 5.74) is 1.68. The number of nitrogens with zero attached hydrogens (tertiary/aromatic N) is 4. The fourth-order valence-electron chi connectivity index (χ4n) is 3.41.